The summed E-state index contributed by atoms with van der Waals surface area (Å²) >= 11 is 1.56. The predicted molar refractivity (Wildman–Crippen MR) is 43.7 cm³/mol. The van der Waals surface area contributed by atoms with Gasteiger partial charge in [-0.1, -0.05) is 6.58 Å². The zero-order valence-corrected chi connectivity index (χ0v) is 7.43. The van der Waals surface area contributed by atoms with E-state index in [1.54, 1.807) is 22.9 Å². The van der Waals surface area contributed by atoms with Crippen LogP contribution in [0.3, 0.4) is 0 Å². The molecule has 0 heterocycles. The summed E-state index contributed by atoms with van der Waals surface area (Å²) in [6.45, 7) is 2.69. The average molecular weight is 279 g/mol. The fourth-order valence-electron chi connectivity index (χ4n) is 0.198. The molecule has 0 rings (SSSR count). The normalized spacial score (nSPS) is 12.1. The maximum atomic E-state index is 11.6. The number of aliphatic imine (C=N–C) groups is 1. The number of hydrazine groups is 1. The van der Waals surface area contributed by atoms with Crippen LogP contribution in [0.1, 0.15) is 0 Å². The van der Waals surface area contributed by atoms with E-state index in [1.807, 2.05) is 0 Å². The molecule has 3 nitrogen and oxygen atoms in total. The quantitative estimate of drug-likeness (QED) is 0.208. The van der Waals surface area contributed by atoms with E-state index in [2.05, 4.69) is 11.6 Å². The number of rotatable bonds is 2. The van der Waals surface area contributed by atoms with Gasteiger partial charge in [-0.2, -0.15) is 13.2 Å². The summed E-state index contributed by atoms with van der Waals surface area (Å²) in [4.78, 5) is 2.94. The third kappa shape index (κ3) is 5.01. The van der Waals surface area contributed by atoms with E-state index in [0.29, 0.717) is 0 Å². The number of hydrogen-bond acceptors (Lipinski definition) is 2. The molecule has 0 aromatic rings. The van der Waals surface area contributed by atoms with Gasteiger partial charge in [0.25, 0.3) is 0 Å². The Morgan fingerprint density at radius 3 is 2.36 bits per heavy atom. The maximum absolute atomic E-state index is 11.6. The van der Waals surface area contributed by atoms with Crippen molar-refractivity contribution in [1.29, 1.82) is 0 Å². The van der Waals surface area contributed by atoms with Crippen LogP contribution in [0, 0.1) is 0 Å². The first-order chi connectivity index (χ1) is 4.84. The number of halogens is 4. The number of hydrogen-bond donors (Lipinski definition) is 1. The minimum absolute atomic E-state index is 0.816. The summed E-state index contributed by atoms with van der Waals surface area (Å²) in [5, 5.41) is 0. The van der Waals surface area contributed by atoms with Gasteiger partial charge in [0.05, 0.1) is 22.9 Å². The number of alkyl halides is 3. The molecule has 7 heteroatoms. The monoisotopic (exact) mass is 279 g/mol. The molecule has 0 aromatic carbocycles. The van der Waals surface area contributed by atoms with Crippen molar-refractivity contribution < 1.29 is 13.2 Å². The first-order valence-electron chi connectivity index (χ1n) is 2.34. The van der Waals surface area contributed by atoms with Gasteiger partial charge in [0.15, 0.2) is 0 Å². The largest absolute Gasteiger partial charge is 0.432 e. The predicted octanol–water partition coefficient (Wildman–Crippen LogP) is 1.62. The summed E-state index contributed by atoms with van der Waals surface area (Å²) in [5.41, 5.74) is -1.18. The smallest absolute Gasteiger partial charge is 0.239 e. The topological polar surface area (TPSA) is 41.6 Å². The highest BCUT2D eigenvalue weighted by Gasteiger charge is 2.31. The zero-order valence-electron chi connectivity index (χ0n) is 5.27. The van der Waals surface area contributed by atoms with Gasteiger partial charge in [-0.05, 0) is 0 Å². The van der Waals surface area contributed by atoms with Gasteiger partial charge in [0.2, 0.25) is 0 Å². The molecule has 0 radical (unpaired) electrons. The van der Waals surface area contributed by atoms with E-state index in [1.165, 1.54) is 0 Å². The minimum Gasteiger partial charge on any atom is -0.239 e. The maximum Gasteiger partial charge on any atom is 0.432 e. The molecule has 0 spiro atoms. The summed E-state index contributed by atoms with van der Waals surface area (Å²) in [5.74, 6) is 4.95. The first-order valence-corrected chi connectivity index (χ1v) is 3.30. The Morgan fingerprint density at radius 2 is 2.09 bits per heavy atom. The van der Waals surface area contributed by atoms with E-state index in [4.69, 9.17) is 5.84 Å². The summed E-state index contributed by atoms with van der Waals surface area (Å²) < 4.78 is 35.7. The second-order valence-electron chi connectivity index (χ2n) is 1.53. The summed E-state index contributed by atoms with van der Waals surface area (Å²) in [6.07, 6.45) is -3.67. The van der Waals surface area contributed by atoms with E-state index in [0.717, 1.165) is 9.56 Å². The fourth-order valence-corrected chi connectivity index (χ4v) is 0.323. The average Bonchev–Trinajstić information content (AvgIpc) is 1.80. The van der Waals surface area contributed by atoms with Crippen molar-refractivity contribution in [2.75, 3.05) is 0 Å². The third-order valence-corrected chi connectivity index (χ3v) is 0.900. The molecule has 64 valence electrons. The number of nitrogens with two attached hydrogens (primary N) is 1. The minimum atomic E-state index is -4.48. The lowest BCUT2D eigenvalue weighted by Crippen LogP contribution is -2.18. The van der Waals surface area contributed by atoms with Crippen LogP contribution in [0.2, 0.25) is 0 Å². The Hall–Kier alpha value is -0.310. The van der Waals surface area contributed by atoms with Gasteiger partial charge in [-0.3, -0.25) is 0 Å². The van der Waals surface area contributed by atoms with Crippen molar-refractivity contribution in [1.82, 2.24) is 3.22 Å². The Balaban J connectivity index is 4.09. The zero-order chi connectivity index (χ0) is 9.07. The van der Waals surface area contributed by atoms with Crippen LogP contribution in [-0.4, -0.2) is 15.7 Å². The van der Waals surface area contributed by atoms with E-state index >= 15 is 0 Å². The van der Waals surface area contributed by atoms with Crippen LogP contribution < -0.4 is 5.84 Å². The highest BCUT2D eigenvalue weighted by atomic mass is 127. The van der Waals surface area contributed by atoms with Crippen molar-refractivity contribution in [3.63, 3.8) is 0 Å². The van der Waals surface area contributed by atoms with Crippen molar-refractivity contribution >= 4 is 29.2 Å². The molecule has 2 N–H and O–H groups in total. The SMILES string of the molecule is C=C(N=CN(N)I)C(F)(F)F. The van der Waals surface area contributed by atoms with E-state index in [9.17, 15) is 13.2 Å². The standard InChI is InChI=1S/C4H5F3IN3/c1-3(4(5,6)7)10-2-11(8)9/h2H,1,9H2. The van der Waals surface area contributed by atoms with Gasteiger partial charge >= 0.3 is 6.18 Å². The molecule has 0 fully saturated rings. The van der Waals surface area contributed by atoms with E-state index in [-0.39, 0.29) is 0 Å². The second-order valence-corrected chi connectivity index (χ2v) is 2.65. The van der Waals surface area contributed by atoms with Gasteiger partial charge in [-0.25, -0.2) is 14.1 Å². The van der Waals surface area contributed by atoms with Gasteiger partial charge in [-0.15, -0.1) is 0 Å². The second kappa shape index (κ2) is 3.90. The van der Waals surface area contributed by atoms with Crippen molar-refractivity contribution in [2.24, 2.45) is 10.8 Å². The molecule has 0 unspecified atom stereocenters. The molecule has 0 saturated heterocycles. The van der Waals surface area contributed by atoms with Crippen molar-refractivity contribution in [2.45, 2.75) is 6.18 Å². The molecule has 11 heavy (non-hydrogen) atoms. The highest BCUT2D eigenvalue weighted by molar-refractivity contribution is 14.1. The van der Waals surface area contributed by atoms with Crippen molar-refractivity contribution in [3.05, 3.63) is 12.3 Å². The van der Waals surface area contributed by atoms with E-state index < -0.39 is 11.9 Å². The van der Waals surface area contributed by atoms with Crippen LogP contribution >= 0.6 is 22.9 Å². The Labute approximate surface area is 75.2 Å². The molecule has 0 amide bonds. The fraction of sp³-hybridized carbons (Fsp3) is 0.250. The molecule has 0 bridgehead atoms. The number of nitrogens with zero attached hydrogens (tertiary/aromatic N) is 2. The Bertz CT molecular complexity index is 174. The van der Waals surface area contributed by atoms with Crippen LogP contribution in [0.15, 0.2) is 17.3 Å². The molecular weight excluding hydrogens is 274 g/mol. The summed E-state index contributed by atoms with van der Waals surface area (Å²) in [7, 11) is 0. The Kier molecular flexibility index (Phi) is 3.79. The molecule has 0 atom stereocenters. The molecule has 0 aliphatic heterocycles. The first kappa shape index (κ1) is 10.7. The van der Waals surface area contributed by atoms with Crippen molar-refractivity contribution in [3.8, 4) is 0 Å². The number of allylic oxidation sites excluding steroid dienone is 1. The van der Waals surface area contributed by atoms with Crippen LogP contribution in [0.4, 0.5) is 13.2 Å². The lowest BCUT2D eigenvalue weighted by Gasteiger charge is -2.04. The molecule has 0 aliphatic carbocycles. The lowest BCUT2D eigenvalue weighted by atomic mass is 10.5. The van der Waals surface area contributed by atoms with Crippen LogP contribution in [-0.2, 0) is 0 Å². The molecule has 0 aliphatic rings. The molecular formula is C4H5F3IN3. The van der Waals surface area contributed by atoms with Gasteiger partial charge in [0.1, 0.15) is 12.0 Å². The van der Waals surface area contributed by atoms with Crippen LogP contribution in [0.5, 0.6) is 0 Å². The summed E-state index contributed by atoms with van der Waals surface area (Å²) in [6, 6.07) is 0. The highest BCUT2D eigenvalue weighted by Crippen LogP contribution is 2.24. The molecule has 0 saturated carbocycles. The lowest BCUT2D eigenvalue weighted by molar-refractivity contribution is -0.0919. The third-order valence-electron chi connectivity index (χ3n) is 0.651. The molecule has 0 aromatic heterocycles. The van der Waals surface area contributed by atoms with Gasteiger partial charge < -0.3 is 0 Å². The van der Waals surface area contributed by atoms with Crippen LogP contribution in [0.25, 0.3) is 0 Å². The van der Waals surface area contributed by atoms with Gasteiger partial charge in [0, 0.05) is 0 Å². The Morgan fingerprint density at radius 1 is 1.64 bits per heavy atom.